The highest BCUT2D eigenvalue weighted by Gasteiger charge is 2.13. The summed E-state index contributed by atoms with van der Waals surface area (Å²) >= 11 is 1.71. The second kappa shape index (κ2) is 6.11. The number of likely N-dealkylation sites (N-methyl/N-ethyl adjacent to an activating group) is 1. The van der Waals surface area contributed by atoms with E-state index in [0.717, 1.165) is 30.2 Å². The van der Waals surface area contributed by atoms with Crippen LogP contribution in [0.5, 0.6) is 0 Å². The molecule has 0 aliphatic carbocycles. The molecule has 0 spiro atoms. The number of imidazole rings is 1. The first-order valence-electron chi connectivity index (χ1n) is 6.31. The van der Waals surface area contributed by atoms with Crippen molar-refractivity contribution < 1.29 is 0 Å². The van der Waals surface area contributed by atoms with E-state index in [1.807, 2.05) is 26.4 Å². The van der Waals surface area contributed by atoms with E-state index in [-0.39, 0.29) is 0 Å². The fourth-order valence-corrected chi connectivity index (χ4v) is 2.69. The molecule has 2 rings (SSSR count). The first-order valence-corrected chi connectivity index (χ1v) is 7.19. The predicted octanol–water partition coefficient (Wildman–Crippen LogP) is 2.04. The minimum Gasteiger partial charge on any atom is -0.335 e. The number of rotatable bonds is 6. The fraction of sp³-hybridized carbons (Fsp3) is 0.538. The molecule has 1 N–H and O–H groups in total. The maximum atomic E-state index is 4.52. The van der Waals surface area contributed by atoms with Crippen molar-refractivity contribution in [2.45, 2.75) is 39.3 Å². The van der Waals surface area contributed by atoms with E-state index < -0.39 is 0 Å². The SMILES string of the molecule is CCn1ccnc1CC(Cc1csc(C)n1)NC. The van der Waals surface area contributed by atoms with Crippen molar-refractivity contribution in [1.82, 2.24) is 19.9 Å². The van der Waals surface area contributed by atoms with Crippen LogP contribution in [-0.4, -0.2) is 27.6 Å². The van der Waals surface area contributed by atoms with Crippen molar-refractivity contribution in [2.75, 3.05) is 7.05 Å². The molecular weight excluding hydrogens is 244 g/mol. The lowest BCUT2D eigenvalue weighted by Crippen LogP contribution is -2.31. The second-order valence-electron chi connectivity index (χ2n) is 4.38. The second-order valence-corrected chi connectivity index (χ2v) is 5.44. The van der Waals surface area contributed by atoms with E-state index in [9.17, 15) is 0 Å². The van der Waals surface area contributed by atoms with Crippen LogP contribution in [0.1, 0.15) is 23.4 Å². The summed E-state index contributed by atoms with van der Waals surface area (Å²) in [6.07, 6.45) is 5.80. The zero-order valence-electron chi connectivity index (χ0n) is 11.2. The predicted molar refractivity (Wildman–Crippen MR) is 75.0 cm³/mol. The van der Waals surface area contributed by atoms with E-state index in [1.54, 1.807) is 11.3 Å². The van der Waals surface area contributed by atoms with Crippen LogP contribution in [0.15, 0.2) is 17.8 Å². The third-order valence-corrected chi connectivity index (χ3v) is 3.92. The summed E-state index contributed by atoms with van der Waals surface area (Å²) in [5.74, 6) is 1.14. The van der Waals surface area contributed by atoms with Gasteiger partial charge in [-0.1, -0.05) is 0 Å². The van der Waals surface area contributed by atoms with Gasteiger partial charge in [0.05, 0.1) is 10.7 Å². The van der Waals surface area contributed by atoms with Gasteiger partial charge in [0.2, 0.25) is 0 Å². The molecule has 0 aliphatic rings. The van der Waals surface area contributed by atoms with Gasteiger partial charge in [-0.25, -0.2) is 9.97 Å². The van der Waals surface area contributed by atoms with Gasteiger partial charge in [0.1, 0.15) is 5.82 Å². The van der Waals surface area contributed by atoms with Gasteiger partial charge in [-0.15, -0.1) is 11.3 Å². The molecule has 0 bridgehead atoms. The Morgan fingerprint density at radius 2 is 2.28 bits per heavy atom. The molecule has 0 aliphatic heterocycles. The van der Waals surface area contributed by atoms with Crippen molar-refractivity contribution >= 4 is 11.3 Å². The summed E-state index contributed by atoms with van der Waals surface area (Å²) in [5, 5.41) is 6.64. The number of hydrogen-bond acceptors (Lipinski definition) is 4. The Kier molecular flexibility index (Phi) is 4.49. The Bertz CT molecular complexity index is 489. The van der Waals surface area contributed by atoms with Gasteiger partial charge in [0.15, 0.2) is 0 Å². The smallest absolute Gasteiger partial charge is 0.110 e. The molecule has 0 saturated carbocycles. The summed E-state index contributed by atoms with van der Waals surface area (Å²) in [6.45, 7) is 5.16. The number of aromatic nitrogens is 3. The molecular formula is C13H20N4S. The molecule has 0 saturated heterocycles. The molecule has 0 amide bonds. The number of thiazole rings is 1. The maximum absolute atomic E-state index is 4.52. The van der Waals surface area contributed by atoms with Crippen LogP contribution in [0, 0.1) is 6.92 Å². The van der Waals surface area contributed by atoms with Gasteiger partial charge in [0.25, 0.3) is 0 Å². The maximum Gasteiger partial charge on any atom is 0.110 e. The van der Waals surface area contributed by atoms with Gasteiger partial charge < -0.3 is 9.88 Å². The van der Waals surface area contributed by atoms with E-state index in [1.165, 1.54) is 5.69 Å². The average Bonchev–Trinajstić information content (AvgIpc) is 2.97. The molecule has 2 aromatic heterocycles. The Hall–Kier alpha value is -1.20. The fourth-order valence-electron chi connectivity index (χ4n) is 2.07. The summed E-state index contributed by atoms with van der Waals surface area (Å²) in [7, 11) is 2.00. The molecule has 1 unspecified atom stereocenters. The van der Waals surface area contributed by atoms with Crippen molar-refractivity contribution in [1.29, 1.82) is 0 Å². The van der Waals surface area contributed by atoms with Crippen LogP contribution < -0.4 is 5.32 Å². The van der Waals surface area contributed by atoms with Crippen LogP contribution in [-0.2, 0) is 19.4 Å². The standard InChI is InChI=1S/C13H20N4S/c1-4-17-6-5-15-13(17)8-11(14-3)7-12-9-18-10(2)16-12/h5-6,9,11,14H,4,7-8H2,1-3H3. The lowest BCUT2D eigenvalue weighted by Gasteiger charge is -2.15. The molecule has 0 aromatic carbocycles. The van der Waals surface area contributed by atoms with Gasteiger partial charge in [0, 0.05) is 43.2 Å². The zero-order valence-corrected chi connectivity index (χ0v) is 12.0. The van der Waals surface area contributed by atoms with Crippen LogP contribution in [0.2, 0.25) is 0 Å². The molecule has 1 atom stereocenters. The zero-order chi connectivity index (χ0) is 13.0. The molecule has 0 radical (unpaired) electrons. The number of aryl methyl sites for hydroxylation is 2. The Balaban J connectivity index is 2.01. The Morgan fingerprint density at radius 3 is 2.89 bits per heavy atom. The highest BCUT2D eigenvalue weighted by molar-refractivity contribution is 7.09. The number of nitrogens with one attached hydrogen (secondary N) is 1. The van der Waals surface area contributed by atoms with Gasteiger partial charge in [-0.3, -0.25) is 0 Å². The van der Waals surface area contributed by atoms with E-state index in [4.69, 9.17) is 0 Å². The molecule has 2 heterocycles. The lowest BCUT2D eigenvalue weighted by atomic mass is 10.1. The van der Waals surface area contributed by atoms with Crippen LogP contribution in [0.25, 0.3) is 0 Å². The normalized spacial score (nSPS) is 12.8. The van der Waals surface area contributed by atoms with Crippen molar-refractivity contribution in [3.63, 3.8) is 0 Å². The summed E-state index contributed by atoms with van der Waals surface area (Å²) in [5.41, 5.74) is 1.17. The molecule has 5 heteroatoms. The third-order valence-electron chi connectivity index (χ3n) is 3.10. The number of hydrogen-bond donors (Lipinski definition) is 1. The van der Waals surface area contributed by atoms with Crippen molar-refractivity contribution in [2.24, 2.45) is 0 Å². The van der Waals surface area contributed by atoms with Crippen LogP contribution >= 0.6 is 11.3 Å². The minimum atomic E-state index is 0.388. The monoisotopic (exact) mass is 264 g/mol. The topological polar surface area (TPSA) is 42.7 Å². The molecule has 2 aromatic rings. The summed E-state index contributed by atoms with van der Waals surface area (Å²) in [4.78, 5) is 8.95. The van der Waals surface area contributed by atoms with Crippen LogP contribution in [0.4, 0.5) is 0 Å². The number of nitrogens with zero attached hydrogens (tertiary/aromatic N) is 3. The molecule has 18 heavy (non-hydrogen) atoms. The third kappa shape index (κ3) is 3.17. The molecule has 0 fully saturated rings. The highest BCUT2D eigenvalue weighted by Crippen LogP contribution is 2.12. The Labute approximate surface area is 112 Å². The first-order chi connectivity index (χ1) is 8.72. The van der Waals surface area contributed by atoms with E-state index in [2.05, 4.69) is 32.2 Å². The lowest BCUT2D eigenvalue weighted by molar-refractivity contribution is 0.522. The highest BCUT2D eigenvalue weighted by atomic mass is 32.1. The average molecular weight is 264 g/mol. The quantitative estimate of drug-likeness (QED) is 0.868. The first kappa shape index (κ1) is 13.2. The van der Waals surface area contributed by atoms with Gasteiger partial charge >= 0.3 is 0 Å². The van der Waals surface area contributed by atoms with E-state index in [0.29, 0.717) is 6.04 Å². The summed E-state index contributed by atoms with van der Waals surface area (Å²) < 4.78 is 2.19. The van der Waals surface area contributed by atoms with Crippen molar-refractivity contribution in [3.05, 3.63) is 34.3 Å². The largest absolute Gasteiger partial charge is 0.335 e. The van der Waals surface area contributed by atoms with Gasteiger partial charge in [-0.2, -0.15) is 0 Å². The van der Waals surface area contributed by atoms with Crippen molar-refractivity contribution in [3.8, 4) is 0 Å². The van der Waals surface area contributed by atoms with Gasteiger partial charge in [-0.05, 0) is 20.9 Å². The minimum absolute atomic E-state index is 0.388. The van der Waals surface area contributed by atoms with E-state index >= 15 is 0 Å². The van der Waals surface area contributed by atoms with Crippen LogP contribution in [0.3, 0.4) is 0 Å². The Morgan fingerprint density at radius 1 is 1.44 bits per heavy atom. The summed E-state index contributed by atoms with van der Waals surface area (Å²) in [6, 6.07) is 0.388. The molecule has 4 nitrogen and oxygen atoms in total. The molecule has 98 valence electrons.